The Balaban J connectivity index is 2.67. The van der Waals surface area contributed by atoms with Gasteiger partial charge in [0.1, 0.15) is 5.69 Å². The lowest BCUT2D eigenvalue weighted by Gasteiger charge is -2.16. The number of rotatable bonds is 6. The van der Waals surface area contributed by atoms with Gasteiger partial charge in [0.05, 0.1) is 12.6 Å². The summed E-state index contributed by atoms with van der Waals surface area (Å²) in [6.07, 6.45) is 2.00. The van der Waals surface area contributed by atoms with Gasteiger partial charge in [-0.2, -0.15) is 0 Å². The lowest BCUT2D eigenvalue weighted by molar-refractivity contribution is 0.0873. The number of hydrogen-bond acceptors (Lipinski definition) is 4. The highest BCUT2D eigenvalue weighted by atomic mass is 79.9. The molecule has 6 heteroatoms. The third-order valence-electron chi connectivity index (χ3n) is 2.15. The van der Waals surface area contributed by atoms with Crippen LogP contribution in [-0.2, 0) is 4.74 Å². The van der Waals surface area contributed by atoms with Crippen molar-refractivity contribution < 1.29 is 14.6 Å². The highest BCUT2D eigenvalue weighted by molar-refractivity contribution is 9.10. The van der Waals surface area contributed by atoms with Crippen molar-refractivity contribution in [3.63, 3.8) is 0 Å². The fraction of sp³-hybridized carbons (Fsp3) is 0.455. The summed E-state index contributed by atoms with van der Waals surface area (Å²) in [6.45, 7) is 0.356. The molecule has 17 heavy (non-hydrogen) atoms. The molecule has 1 aromatic heterocycles. The third-order valence-corrected chi connectivity index (χ3v) is 2.79. The molecule has 94 valence electrons. The summed E-state index contributed by atoms with van der Waals surface area (Å²) in [5.41, 5.74) is 0.326. The summed E-state index contributed by atoms with van der Waals surface area (Å²) in [5.74, 6) is -0.284. The van der Waals surface area contributed by atoms with E-state index in [1.807, 2.05) is 0 Å². The van der Waals surface area contributed by atoms with Crippen LogP contribution in [-0.4, -0.2) is 42.4 Å². The second-order valence-electron chi connectivity index (χ2n) is 3.47. The molecule has 5 nitrogen and oxygen atoms in total. The summed E-state index contributed by atoms with van der Waals surface area (Å²) >= 11 is 3.26. The maximum Gasteiger partial charge on any atom is 0.271 e. The van der Waals surface area contributed by atoms with Crippen molar-refractivity contribution in [1.82, 2.24) is 10.3 Å². The molecule has 1 heterocycles. The van der Waals surface area contributed by atoms with Crippen LogP contribution in [0.4, 0.5) is 0 Å². The minimum absolute atomic E-state index is 0.00229. The fourth-order valence-electron chi connectivity index (χ4n) is 1.36. The molecule has 0 aliphatic heterocycles. The quantitative estimate of drug-likeness (QED) is 0.821. The summed E-state index contributed by atoms with van der Waals surface area (Å²) in [6, 6.07) is 3.27. The van der Waals surface area contributed by atoms with E-state index in [-0.39, 0.29) is 18.6 Å². The molecule has 1 unspecified atom stereocenters. The van der Waals surface area contributed by atoms with Crippen LogP contribution in [0, 0.1) is 0 Å². The molecular formula is C11H15BrN2O3. The first-order valence-corrected chi connectivity index (χ1v) is 5.99. The Kier molecular flexibility index (Phi) is 6.10. The number of aromatic nitrogens is 1. The Morgan fingerprint density at radius 2 is 2.47 bits per heavy atom. The van der Waals surface area contributed by atoms with E-state index in [0.717, 1.165) is 0 Å². The van der Waals surface area contributed by atoms with Gasteiger partial charge in [0.2, 0.25) is 0 Å². The van der Waals surface area contributed by atoms with Gasteiger partial charge in [0.15, 0.2) is 0 Å². The predicted octanol–water partition coefficient (Wildman–Crippen LogP) is 0.971. The van der Waals surface area contributed by atoms with Gasteiger partial charge in [-0.15, -0.1) is 0 Å². The van der Waals surface area contributed by atoms with Gasteiger partial charge in [-0.1, -0.05) is 0 Å². The van der Waals surface area contributed by atoms with E-state index in [4.69, 9.17) is 9.84 Å². The van der Waals surface area contributed by atoms with Crippen LogP contribution in [0.3, 0.4) is 0 Å². The number of nitrogens with zero attached hydrogens (tertiary/aromatic N) is 1. The van der Waals surface area contributed by atoms with Crippen molar-refractivity contribution >= 4 is 21.8 Å². The number of nitrogens with one attached hydrogen (secondary N) is 1. The number of pyridine rings is 1. The topological polar surface area (TPSA) is 71.5 Å². The largest absolute Gasteiger partial charge is 0.396 e. The number of aliphatic hydroxyl groups excluding tert-OH is 1. The van der Waals surface area contributed by atoms with Gasteiger partial charge in [-0.25, -0.2) is 4.98 Å². The molecule has 0 saturated carbocycles. The fourth-order valence-corrected chi connectivity index (χ4v) is 1.80. The maximum absolute atomic E-state index is 11.9. The van der Waals surface area contributed by atoms with E-state index in [2.05, 4.69) is 26.2 Å². The van der Waals surface area contributed by atoms with Crippen LogP contribution in [0.15, 0.2) is 22.8 Å². The molecular weight excluding hydrogens is 288 g/mol. The van der Waals surface area contributed by atoms with Crippen LogP contribution in [0.2, 0.25) is 0 Å². The predicted molar refractivity (Wildman–Crippen MR) is 66.8 cm³/mol. The first-order chi connectivity index (χ1) is 8.19. The number of ether oxygens (including phenoxy) is 1. The second-order valence-corrected chi connectivity index (χ2v) is 4.33. The van der Waals surface area contributed by atoms with Gasteiger partial charge in [-0.3, -0.25) is 4.79 Å². The number of halogens is 1. The molecule has 1 amide bonds. The summed E-state index contributed by atoms with van der Waals surface area (Å²) in [7, 11) is 1.55. The zero-order valence-electron chi connectivity index (χ0n) is 9.52. The molecule has 1 atom stereocenters. The van der Waals surface area contributed by atoms with Crippen molar-refractivity contribution in [2.45, 2.75) is 12.5 Å². The number of aliphatic hydroxyl groups is 1. The zero-order chi connectivity index (χ0) is 12.7. The van der Waals surface area contributed by atoms with Gasteiger partial charge < -0.3 is 15.2 Å². The smallest absolute Gasteiger partial charge is 0.271 e. The second kappa shape index (κ2) is 7.37. The SMILES string of the molecule is COCC(CCO)NC(=O)c1ncccc1Br. The zero-order valence-corrected chi connectivity index (χ0v) is 11.1. The van der Waals surface area contributed by atoms with E-state index in [9.17, 15) is 4.79 Å². The van der Waals surface area contributed by atoms with E-state index >= 15 is 0 Å². The lowest BCUT2D eigenvalue weighted by atomic mass is 10.2. The minimum atomic E-state index is -0.284. The normalized spacial score (nSPS) is 12.2. The van der Waals surface area contributed by atoms with Crippen LogP contribution < -0.4 is 5.32 Å². The molecule has 0 saturated heterocycles. The molecule has 1 aromatic rings. The van der Waals surface area contributed by atoms with E-state index in [0.29, 0.717) is 23.2 Å². The molecule has 0 aromatic carbocycles. The van der Waals surface area contributed by atoms with Crippen molar-refractivity contribution in [2.75, 3.05) is 20.3 Å². The van der Waals surface area contributed by atoms with Crippen LogP contribution in [0.1, 0.15) is 16.9 Å². The average molecular weight is 303 g/mol. The van der Waals surface area contributed by atoms with E-state index in [1.54, 1.807) is 25.4 Å². The Morgan fingerprint density at radius 1 is 1.71 bits per heavy atom. The Bertz CT molecular complexity index is 367. The summed E-state index contributed by atoms with van der Waals surface area (Å²) in [5, 5.41) is 11.6. The van der Waals surface area contributed by atoms with Gasteiger partial charge >= 0.3 is 0 Å². The number of hydrogen-bond donors (Lipinski definition) is 2. The number of carbonyl (C=O) groups excluding carboxylic acids is 1. The first kappa shape index (κ1) is 14.1. The lowest BCUT2D eigenvalue weighted by Crippen LogP contribution is -2.39. The van der Waals surface area contributed by atoms with Crippen LogP contribution in [0.25, 0.3) is 0 Å². The van der Waals surface area contributed by atoms with Gasteiger partial charge in [-0.05, 0) is 34.5 Å². The molecule has 0 bridgehead atoms. The third kappa shape index (κ3) is 4.41. The molecule has 0 aliphatic rings. The number of methoxy groups -OCH3 is 1. The van der Waals surface area contributed by atoms with Crippen LogP contribution >= 0.6 is 15.9 Å². The highest BCUT2D eigenvalue weighted by Gasteiger charge is 2.16. The average Bonchev–Trinajstić information content (AvgIpc) is 2.30. The van der Waals surface area contributed by atoms with Gasteiger partial charge in [0, 0.05) is 24.4 Å². The van der Waals surface area contributed by atoms with Crippen molar-refractivity contribution in [1.29, 1.82) is 0 Å². The Labute approximate surface area is 108 Å². The Morgan fingerprint density at radius 3 is 3.06 bits per heavy atom. The molecule has 0 aliphatic carbocycles. The molecule has 0 radical (unpaired) electrons. The van der Waals surface area contributed by atoms with Crippen LogP contribution in [0.5, 0.6) is 0 Å². The standard InChI is InChI=1S/C11H15BrN2O3/c1-17-7-8(4-6-15)14-11(16)10-9(12)3-2-5-13-10/h2-3,5,8,15H,4,6-7H2,1H3,(H,14,16). The first-order valence-electron chi connectivity index (χ1n) is 5.20. The highest BCUT2D eigenvalue weighted by Crippen LogP contribution is 2.13. The van der Waals surface area contributed by atoms with E-state index < -0.39 is 0 Å². The summed E-state index contributed by atoms with van der Waals surface area (Å²) < 4.78 is 5.60. The number of carbonyl (C=O) groups is 1. The maximum atomic E-state index is 11.9. The minimum Gasteiger partial charge on any atom is -0.396 e. The molecule has 2 N–H and O–H groups in total. The summed E-state index contributed by atoms with van der Waals surface area (Å²) in [4.78, 5) is 15.9. The van der Waals surface area contributed by atoms with Crippen molar-refractivity contribution in [2.24, 2.45) is 0 Å². The Hall–Kier alpha value is -0.980. The molecule has 1 rings (SSSR count). The van der Waals surface area contributed by atoms with Gasteiger partial charge in [0.25, 0.3) is 5.91 Å². The van der Waals surface area contributed by atoms with Crippen molar-refractivity contribution in [3.05, 3.63) is 28.5 Å². The molecule has 0 spiro atoms. The monoisotopic (exact) mass is 302 g/mol. The van der Waals surface area contributed by atoms with Crippen molar-refractivity contribution in [3.8, 4) is 0 Å². The number of amides is 1. The van der Waals surface area contributed by atoms with E-state index in [1.165, 1.54) is 0 Å². The molecule has 0 fully saturated rings.